The molecule has 0 aromatic heterocycles. The summed E-state index contributed by atoms with van der Waals surface area (Å²) in [5, 5.41) is 0. The zero-order valence-electron chi connectivity index (χ0n) is 17.0. The minimum atomic E-state index is 0.167. The van der Waals surface area contributed by atoms with Gasteiger partial charge in [0.15, 0.2) is 0 Å². The Morgan fingerprint density at radius 3 is 2.15 bits per heavy atom. The minimum Gasteiger partial charge on any atom is -0.496 e. The summed E-state index contributed by atoms with van der Waals surface area (Å²) in [6.07, 6.45) is 5.25. The summed E-state index contributed by atoms with van der Waals surface area (Å²) < 4.78 is 5.55. The number of hydrogen-bond donors (Lipinski definition) is 0. The van der Waals surface area contributed by atoms with Crippen LogP contribution < -0.4 is 4.74 Å². The molecule has 3 rings (SSSR count). The Hall–Kier alpha value is -1.39. The fourth-order valence-electron chi connectivity index (χ4n) is 4.18. The van der Waals surface area contributed by atoms with Gasteiger partial charge in [0.25, 0.3) is 0 Å². The molecule has 4 nitrogen and oxygen atoms in total. The number of rotatable bonds is 4. The van der Waals surface area contributed by atoms with Crippen molar-refractivity contribution < 1.29 is 9.53 Å². The molecular weight excluding hydrogens is 324 g/mol. The zero-order chi connectivity index (χ0) is 18.9. The third kappa shape index (κ3) is 6.10. The van der Waals surface area contributed by atoms with Crippen LogP contribution >= 0.6 is 0 Å². The average Bonchev–Trinajstić information content (AvgIpc) is 2.68. The van der Waals surface area contributed by atoms with Crippen molar-refractivity contribution in [3.63, 3.8) is 0 Å². The van der Waals surface area contributed by atoms with Gasteiger partial charge < -0.3 is 19.3 Å². The molecule has 2 heterocycles. The number of para-hydroxylation sites is 1. The Morgan fingerprint density at radius 2 is 1.62 bits per heavy atom. The summed E-state index contributed by atoms with van der Waals surface area (Å²) in [4.78, 5) is 14.8. The van der Waals surface area contributed by atoms with Crippen LogP contribution in [-0.4, -0.2) is 61.5 Å². The first-order valence-electron chi connectivity index (χ1n) is 10.1. The molecule has 0 aliphatic carbocycles. The van der Waals surface area contributed by atoms with Crippen molar-refractivity contribution in [3.05, 3.63) is 29.8 Å². The zero-order valence-corrected chi connectivity index (χ0v) is 17.0. The normalized spacial score (nSPS) is 20.3. The van der Waals surface area contributed by atoms with Gasteiger partial charge in [0, 0.05) is 6.04 Å². The minimum absolute atomic E-state index is 0.167. The average molecular weight is 361 g/mol. The lowest BCUT2D eigenvalue weighted by atomic mass is 9.87. The maximum Gasteiger partial charge on any atom is 0.126 e. The van der Waals surface area contributed by atoms with Crippen molar-refractivity contribution in [2.45, 2.75) is 58.4 Å². The number of ketones is 1. The Kier molecular flexibility index (Phi) is 8.60. The first kappa shape index (κ1) is 20.9. The van der Waals surface area contributed by atoms with E-state index in [0.717, 1.165) is 11.8 Å². The molecule has 26 heavy (non-hydrogen) atoms. The van der Waals surface area contributed by atoms with Crippen molar-refractivity contribution >= 4 is 5.78 Å². The Bertz CT molecular complexity index is 541. The second-order valence-corrected chi connectivity index (χ2v) is 7.63. The van der Waals surface area contributed by atoms with Crippen LogP contribution in [0.4, 0.5) is 0 Å². The van der Waals surface area contributed by atoms with E-state index < -0.39 is 0 Å². The number of Topliss-reactive ketones (excluding diaryl/α,β-unsaturated/α-hetero) is 1. The van der Waals surface area contributed by atoms with E-state index in [2.05, 4.69) is 41.0 Å². The highest BCUT2D eigenvalue weighted by Gasteiger charge is 2.29. The molecule has 1 aromatic rings. The first-order chi connectivity index (χ1) is 12.5. The van der Waals surface area contributed by atoms with E-state index in [0.29, 0.717) is 5.92 Å². The summed E-state index contributed by atoms with van der Waals surface area (Å²) in [6, 6.07) is 9.38. The van der Waals surface area contributed by atoms with E-state index in [1.165, 1.54) is 77.8 Å². The van der Waals surface area contributed by atoms with Crippen LogP contribution in [0.3, 0.4) is 0 Å². The Morgan fingerprint density at radius 1 is 1.04 bits per heavy atom. The lowest BCUT2D eigenvalue weighted by Crippen LogP contribution is -2.47. The Labute approximate surface area is 159 Å². The molecule has 1 aromatic carbocycles. The summed E-state index contributed by atoms with van der Waals surface area (Å²) >= 11 is 0. The van der Waals surface area contributed by atoms with E-state index >= 15 is 0 Å². The van der Waals surface area contributed by atoms with Gasteiger partial charge in [0.2, 0.25) is 0 Å². The highest BCUT2D eigenvalue weighted by atomic mass is 16.5. The number of hydrogen-bond acceptors (Lipinski definition) is 4. The maximum absolute atomic E-state index is 9.44. The van der Waals surface area contributed by atoms with Gasteiger partial charge in [-0.2, -0.15) is 0 Å². The van der Waals surface area contributed by atoms with Crippen molar-refractivity contribution in [2.24, 2.45) is 0 Å². The lowest BCUT2D eigenvalue weighted by molar-refractivity contribution is -0.114. The molecular formula is C22H36N2O2. The van der Waals surface area contributed by atoms with Crippen LogP contribution in [0.1, 0.15) is 57.9 Å². The molecule has 0 unspecified atom stereocenters. The SMILES string of the molecule is CC(C)=O.CCN1CCC(N2CCC(c3ccccc3OC)CC2)CC1. The number of piperidine rings is 2. The molecule has 2 aliphatic heterocycles. The van der Waals surface area contributed by atoms with Crippen LogP contribution in [0, 0.1) is 0 Å². The largest absolute Gasteiger partial charge is 0.496 e. The number of benzene rings is 1. The second kappa shape index (κ2) is 10.7. The molecule has 0 amide bonds. The molecule has 2 aliphatic rings. The summed E-state index contributed by atoms with van der Waals surface area (Å²) in [6.45, 7) is 11.6. The quantitative estimate of drug-likeness (QED) is 0.814. The second-order valence-electron chi connectivity index (χ2n) is 7.63. The molecule has 0 saturated carbocycles. The first-order valence-corrected chi connectivity index (χ1v) is 10.1. The number of likely N-dealkylation sites (tertiary alicyclic amines) is 2. The predicted octanol–water partition coefficient (Wildman–Crippen LogP) is 3.95. The highest BCUT2D eigenvalue weighted by Crippen LogP contribution is 2.35. The van der Waals surface area contributed by atoms with Gasteiger partial charge >= 0.3 is 0 Å². The smallest absolute Gasteiger partial charge is 0.126 e. The maximum atomic E-state index is 9.44. The third-order valence-corrected chi connectivity index (χ3v) is 5.63. The van der Waals surface area contributed by atoms with Gasteiger partial charge in [0.1, 0.15) is 11.5 Å². The van der Waals surface area contributed by atoms with E-state index in [-0.39, 0.29) is 5.78 Å². The number of carbonyl (C=O) groups excluding carboxylic acids is 1. The highest BCUT2D eigenvalue weighted by molar-refractivity contribution is 5.72. The molecule has 0 bridgehead atoms. The van der Waals surface area contributed by atoms with E-state index in [1.54, 1.807) is 7.11 Å². The topological polar surface area (TPSA) is 32.8 Å². The number of carbonyl (C=O) groups is 1. The van der Waals surface area contributed by atoms with Crippen LogP contribution in [0.2, 0.25) is 0 Å². The van der Waals surface area contributed by atoms with E-state index in [1.807, 2.05) is 0 Å². The monoisotopic (exact) mass is 360 g/mol. The van der Waals surface area contributed by atoms with Crippen LogP contribution in [0.25, 0.3) is 0 Å². The van der Waals surface area contributed by atoms with Gasteiger partial charge in [-0.05, 0) is 89.8 Å². The van der Waals surface area contributed by atoms with Crippen molar-refractivity contribution in [1.82, 2.24) is 9.80 Å². The van der Waals surface area contributed by atoms with E-state index in [9.17, 15) is 4.79 Å². The fourth-order valence-corrected chi connectivity index (χ4v) is 4.18. The van der Waals surface area contributed by atoms with Crippen LogP contribution in [-0.2, 0) is 4.79 Å². The summed E-state index contributed by atoms with van der Waals surface area (Å²) in [5.41, 5.74) is 1.41. The summed E-state index contributed by atoms with van der Waals surface area (Å²) in [7, 11) is 1.79. The predicted molar refractivity (Wildman–Crippen MR) is 108 cm³/mol. The summed E-state index contributed by atoms with van der Waals surface area (Å²) in [5.74, 6) is 1.90. The van der Waals surface area contributed by atoms with Crippen LogP contribution in [0.5, 0.6) is 5.75 Å². The number of ether oxygens (including phenoxy) is 1. The molecule has 146 valence electrons. The number of nitrogens with zero attached hydrogens (tertiary/aromatic N) is 2. The lowest BCUT2D eigenvalue weighted by Gasteiger charge is -2.41. The van der Waals surface area contributed by atoms with Gasteiger partial charge in [-0.15, -0.1) is 0 Å². The van der Waals surface area contributed by atoms with Gasteiger partial charge in [-0.1, -0.05) is 25.1 Å². The molecule has 0 radical (unpaired) electrons. The molecule has 0 atom stereocenters. The van der Waals surface area contributed by atoms with Crippen molar-refractivity contribution in [3.8, 4) is 5.75 Å². The van der Waals surface area contributed by atoms with Gasteiger partial charge in [-0.3, -0.25) is 0 Å². The standard InChI is InChI=1S/C19H30N2O.C3H6O/c1-3-20-12-10-17(11-13-20)21-14-8-16(9-15-21)18-6-4-5-7-19(18)22-2;1-3(2)4/h4-7,16-17H,3,8-15H2,1-2H3;1-2H3. The molecule has 2 saturated heterocycles. The van der Waals surface area contributed by atoms with Gasteiger partial charge in [0.05, 0.1) is 7.11 Å². The van der Waals surface area contributed by atoms with Crippen molar-refractivity contribution in [2.75, 3.05) is 39.8 Å². The third-order valence-electron chi connectivity index (χ3n) is 5.63. The fraction of sp³-hybridized carbons (Fsp3) is 0.682. The van der Waals surface area contributed by atoms with E-state index in [4.69, 9.17) is 4.74 Å². The molecule has 0 spiro atoms. The Balaban J connectivity index is 0.000000552. The van der Waals surface area contributed by atoms with Crippen LogP contribution in [0.15, 0.2) is 24.3 Å². The van der Waals surface area contributed by atoms with Crippen molar-refractivity contribution in [1.29, 1.82) is 0 Å². The molecule has 2 fully saturated rings. The van der Waals surface area contributed by atoms with Gasteiger partial charge in [-0.25, -0.2) is 0 Å². The molecule has 4 heteroatoms. The number of methoxy groups -OCH3 is 1. The molecule has 0 N–H and O–H groups in total.